The van der Waals surface area contributed by atoms with Gasteiger partial charge in [0, 0.05) is 20.2 Å². The fourth-order valence-electron chi connectivity index (χ4n) is 0.735. The monoisotopic (exact) mass is 217 g/mol. The molecule has 1 aromatic heterocycles. The highest BCUT2D eigenvalue weighted by Gasteiger charge is 2.04. The number of anilines is 1. The van der Waals surface area contributed by atoms with Crippen molar-refractivity contribution < 1.29 is 4.79 Å². The third-order valence-electron chi connectivity index (χ3n) is 1.09. The number of carbonyl (C=O) groups is 1. The summed E-state index contributed by atoms with van der Waals surface area (Å²) in [5.41, 5.74) is 0.694. The van der Waals surface area contributed by atoms with Gasteiger partial charge in [-0.25, -0.2) is 0 Å². The summed E-state index contributed by atoms with van der Waals surface area (Å²) in [6.45, 7) is 1.46. The predicted molar refractivity (Wildman–Crippen MR) is 45.2 cm³/mol. The first kappa shape index (κ1) is 8.26. The number of aromatic nitrogens is 2. The van der Waals surface area contributed by atoms with Crippen LogP contribution in [0.1, 0.15) is 6.92 Å². The number of carbonyl (C=O) groups excluding carboxylic acids is 1. The molecule has 0 aliphatic heterocycles. The van der Waals surface area contributed by atoms with Crippen LogP contribution in [0.2, 0.25) is 0 Å². The van der Waals surface area contributed by atoms with Crippen molar-refractivity contribution in [2.24, 2.45) is 7.05 Å². The van der Waals surface area contributed by atoms with Crippen LogP contribution in [-0.2, 0) is 11.8 Å². The first-order valence-corrected chi connectivity index (χ1v) is 3.85. The smallest absolute Gasteiger partial charge is 0.221 e. The van der Waals surface area contributed by atoms with Crippen LogP contribution in [-0.4, -0.2) is 15.7 Å². The number of nitrogens with zero attached hydrogens (tertiary/aromatic N) is 2. The average Bonchev–Trinajstić information content (AvgIpc) is 2.09. The molecule has 0 fully saturated rings. The molecule has 0 bridgehead atoms. The molecule has 0 spiro atoms. The molecule has 1 heterocycles. The summed E-state index contributed by atoms with van der Waals surface area (Å²) in [6.07, 6.45) is 1.73. The second kappa shape index (κ2) is 3.04. The maximum Gasteiger partial charge on any atom is 0.221 e. The average molecular weight is 218 g/mol. The van der Waals surface area contributed by atoms with Crippen molar-refractivity contribution in [3.05, 3.63) is 10.8 Å². The highest BCUT2D eigenvalue weighted by Crippen LogP contribution is 2.18. The van der Waals surface area contributed by atoms with Crippen molar-refractivity contribution in [1.82, 2.24) is 9.78 Å². The molecule has 1 rings (SSSR count). The molecule has 5 heteroatoms. The van der Waals surface area contributed by atoms with Crippen LogP contribution in [0, 0.1) is 0 Å². The van der Waals surface area contributed by atoms with Gasteiger partial charge in [0.2, 0.25) is 5.91 Å². The number of rotatable bonds is 1. The molecule has 0 saturated heterocycles. The zero-order chi connectivity index (χ0) is 8.43. The van der Waals surface area contributed by atoms with E-state index in [-0.39, 0.29) is 5.91 Å². The lowest BCUT2D eigenvalue weighted by Crippen LogP contribution is -2.05. The van der Waals surface area contributed by atoms with Crippen molar-refractivity contribution >= 4 is 27.5 Å². The summed E-state index contributed by atoms with van der Waals surface area (Å²) in [4.78, 5) is 10.6. The standard InChI is InChI=1S/C6H8BrN3O/c1-4(11)8-5-3-10(2)9-6(5)7/h3H,1-2H3,(H,8,11). The van der Waals surface area contributed by atoms with Gasteiger partial charge in [-0.15, -0.1) is 0 Å². The topological polar surface area (TPSA) is 46.9 Å². The van der Waals surface area contributed by atoms with Gasteiger partial charge in [-0.05, 0) is 15.9 Å². The van der Waals surface area contributed by atoms with Crippen LogP contribution in [0.25, 0.3) is 0 Å². The van der Waals surface area contributed by atoms with Gasteiger partial charge in [0.05, 0.1) is 5.69 Å². The molecular weight excluding hydrogens is 210 g/mol. The maximum atomic E-state index is 10.6. The first-order valence-electron chi connectivity index (χ1n) is 3.06. The molecule has 0 aliphatic carbocycles. The Morgan fingerprint density at radius 2 is 2.45 bits per heavy atom. The minimum Gasteiger partial charge on any atom is -0.323 e. The lowest BCUT2D eigenvalue weighted by atomic mass is 10.5. The van der Waals surface area contributed by atoms with Crippen LogP contribution in [0.4, 0.5) is 5.69 Å². The molecule has 0 aliphatic rings. The third-order valence-corrected chi connectivity index (χ3v) is 1.68. The Balaban J connectivity index is 2.85. The molecule has 60 valence electrons. The van der Waals surface area contributed by atoms with Crippen LogP contribution >= 0.6 is 15.9 Å². The molecule has 0 radical (unpaired) electrons. The summed E-state index contributed by atoms with van der Waals surface area (Å²) in [5, 5.41) is 6.61. The third kappa shape index (κ3) is 2.04. The Hall–Kier alpha value is -0.840. The van der Waals surface area contributed by atoms with Crippen LogP contribution < -0.4 is 5.32 Å². The summed E-state index contributed by atoms with van der Waals surface area (Å²) >= 11 is 3.20. The molecule has 1 N–H and O–H groups in total. The fourth-order valence-corrected chi connectivity index (χ4v) is 1.19. The first-order chi connectivity index (χ1) is 5.09. The molecule has 1 aromatic rings. The van der Waals surface area contributed by atoms with Crippen LogP contribution in [0.5, 0.6) is 0 Å². The van der Waals surface area contributed by atoms with Gasteiger partial charge in [0.25, 0.3) is 0 Å². The normalized spacial score (nSPS) is 9.73. The Bertz CT molecular complexity index is 281. The minimum atomic E-state index is -0.0984. The number of hydrogen-bond donors (Lipinski definition) is 1. The van der Waals surface area contributed by atoms with E-state index in [9.17, 15) is 4.79 Å². The summed E-state index contributed by atoms with van der Waals surface area (Å²) in [6, 6.07) is 0. The maximum absolute atomic E-state index is 10.6. The van der Waals surface area contributed by atoms with Crippen molar-refractivity contribution in [3.8, 4) is 0 Å². The number of hydrogen-bond acceptors (Lipinski definition) is 2. The van der Waals surface area contributed by atoms with Crippen molar-refractivity contribution in [3.63, 3.8) is 0 Å². The van der Waals surface area contributed by atoms with Crippen LogP contribution in [0.3, 0.4) is 0 Å². The van der Waals surface area contributed by atoms with Crippen molar-refractivity contribution in [2.75, 3.05) is 5.32 Å². The molecule has 0 unspecified atom stereocenters. The van der Waals surface area contributed by atoms with E-state index in [2.05, 4.69) is 26.3 Å². The van der Waals surface area contributed by atoms with E-state index < -0.39 is 0 Å². The van der Waals surface area contributed by atoms with E-state index in [4.69, 9.17) is 0 Å². The summed E-state index contributed by atoms with van der Waals surface area (Å²) in [7, 11) is 1.79. The Morgan fingerprint density at radius 3 is 2.82 bits per heavy atom. The number of halogens is 1. The predicted octanol–water partition coefficient (Wildman–Crippen LogP) is 1.14. The van der Waals surface area contributed by atoms with Crippen LogP contribution in [0.15, 0.2) is 10.8 Å². The van der Waals surface area contributed by atoms with E-state index in [1.807, 2.05) is 0 Å². The Labute approximate surface area is 72.7 Å². The Morgan fingerprint density at radius 1 is 1.82 bits per heavy atom. The molecule has 0 saturated carbocycles. The second-order valence-corrected chi connectivity index (χ2v) is 2.94. The SMILES string of the molecule is CC(=O)Nc1cn(C)nc1Br. The van der Waals surface area contributed by atoms with Gasteiger partial charge in [-0.3, -0.25) is 9.48 Å². The lowest BCUT2D eigenvalue weighted by Gasteiger charge is -1.94. The highest BCUT2D eigenvalue weighted by atomic mass is 79.9. The quantitative estimate of drug-likeness (QED) is 0.768. The van der Waals surface area contributed by atoms with Crippen molar-refractivity contribution in [2.45, 2.75) is 6.92 Å². The molecule has 4 nitrogen and oxygen atoms in total. The van der Waals surface area contributed by atoms with Gasteiger partial charge in [-0.1, -0.05) is 0 Å². The van der Waals surface area contributed by atoms with Gasteiger partial charge in [0.15, 0.2) is 4.60 Å². The molecule has 11 heavy (non-hydrogen) atoms. The van der Waals surface area contributed by atoms with Gasteiger partial charge < -0.3 is 5.32 Å². The van der Waals surface area contributed by atoms with Gasteiger partial charge in [-0.2, -0.15) is 5.10 Å². The van der Waals surface area contributed by atoms with E-state index in [1.54, 1.807) is 17.9 Å². The number of aryl methyl sites for hydroxylation is 1. The van der Waals surface area contributed by atoms with Gasteiger partial charge >= 0.3 is 0 Å². The van der Waals surface area contributed by atoms with E-state index in [0.29, 0.717) is 10.3 Å². The number of amides is 1. The molecular formula is C6H8BrN3O. The summed E-state index contributed by atoms with van der Waals surface area (Å²) in [5.74, 6) is -0.0984. The van der Waals surface area contributed by atoms with E-state index >= 15 is 0 Å². The lowest BCUT2D eigenvalue weighted by molar-refractivity contribution is -0.114. The highest BCUT2D eigenvalue weighted by molar-refractivity contribution is 9.10. The second-order valence-electron chi connectivity index (χ2n) is 2.19. The largest absolute Gasteiger partial charge is 0.323 e. The minimum absolute atomic E-state index is 0.0984. The van der Waals surface area contributed by atoms with Gasteiger partial charge in [0.1, 0.15) is 0 Å². The molecule has 0 aromatic carbocycles. The van der Waals surface area contributed by atoms with E-state index in [1.165, 1.54) is 6.92 Å². The molecule has 1 amide bonds. The fraction of sp³-hybridized carbons (Fsp3) is 0.333. The zero-order valence-corrected chi connectivity index (χ0v) is 7.84. The summed E-state index contributed by atoms with van der Waals surface area (Å²) < 4.78 is 2.27. The van der Waals surface area contributed by atoms with Crippen molar-refractivity contribution in [1.29, 1.82) is 0 Å². The number of nitrogens with one attached hydrogen (secondary N) is 1. The molecule has 0 atom stereocenters. The zero-order valence-electron chi connectivity index (χ0n) is 6.26. The van der Waals surface area contributed by atoms with E-state index in [0.717, 1.165) is 0 Å². The Kier molecular flexibility index (Phi) is 2.28.